The lowest BCUT2D eigenvalue weighted by Gasteiger charge is -2.29. The van der Waals surface area contributed by atoms with E-state index in [1.54, 1.807) is 16.2 Å². The standard InChI is InChI=1S/C18H29ClN4OS/c1-4-20-17(21-12-9-14-7-8-15(19)25-14)22-13-18(10-5-6-11-18)16(24)23(2)3/h7-8H,4-6,9-13H2,1-3H3,(H2,20,21,22). The van der Waals surface area contributed by atoms with Gasteiger partial charge in [-0.15, -0.1) is 11.3 Å². The number of nitrogens with one attached hydrogen (secondary N) is 2. The Morgan fingerprint density at radius 2 is 2.04 bits per heavy atom. The van der Waals surface area contributed by atoms with Gasteiger partial charge < -0.3 is 15.5 Å². The van der Waals surface area contributed by atoms with Gasteiger partial charge in [0.2, 0.25) is 5.91 Å². The van der Waals surface area contributed by atoms with Crippen LogP contribution in [0.2, 0.25) is 4.34 Å². The molecule has 1 fully saturated rings. The normalized spacial score (nSPS) is 16.7. The van der Waals surface area contributed by atoms with Gasteiger partial charge in [-0.05, 0) is 38.3 Å². The average Bonchev–Trinajstić information content (AvgIpc) is 3.22. The second kappa shape index (κ2) is 9.43. The fourth-order valence-corrected chi connectivity index (χ4v) is 4.42. The second-order valence-electron chi connectivity index (χ2n) is 6.76. The van der Waals surface area contributed by atoms with Gasteiger partial charge in [0.15, 0.2) is 5.96 Å². The Labute approximate surface area is 159 Å². The molecule has 1 aliphatic carbocycles. The smallest absolute Gasteiger partial charge is 0.230 e. The molecule has 1 amide bonds. The van der Waals surface area contributed by atoms with Crippen LogP contribution in [0.15, 0.2) is 17.1 Å². The predicted molar refractivity (Wildman–Crippen MR) is 107 cm³/mol. The first-order valence-corrected chi connectivity index (χ1v) is 10.1. The molecular weight excluding hydrogens is 356 g/mol. The number of nitrogens with zero attached hydrogens (tertiary/aromatic N) is 2. The minimum absolute atomic E-state index is 0.206. The lowest BCUT2D eigenvalue weighted by atomic mass is 9.85. The Kier molecular flexibility index (Phi) is 7.56. The van der Waals surface area contributed by atoms with Crippen molar-refractivity contribution in [1.82, 2.24) is 15.5 Å². The number of thiophene rings is 1. The minimum atomic E-state index is -0.326. The van der Waals surface area contributed by atoms with Crippen molar-refractivity contribution in [1.29, 1.82) is 0 Å². The molecule has 0 bridgehead atoms. The highest BCUT2D eigenvalue weighted by atomic mass is 35.5. The molecule has 1 heterocycles. The third-order valence-electron chi connectivity index (χ3n) is 4.60. The molecule has 0 radical (unpaired) electrons. The zero-order valence-electron chi connectivity index (χ0n) is 15.4. The van der Waals surface area contributed by atoms with Crippen LogP contribution in [0, 0.1) is 5.41 Å². The van der Waals surface area contributed by atoms with Gasteiger partial charge >= 0.3 is 0 Å². The molecule has 2 rings (SSSR count). The van der Waals surface area contributed by atoms with E-state index < -0.39 is 0 Å². The van der Waals surface area contributed by atoms with Crippen LogP contribution in [0.25, 0.3) is 0 Å². The molecular formula is C18H29ClN4OS. The van der Waals surface area contributed by atoms with E-state index in [-0.39, 0.29) is 11.3 Å². The number of hydrogen-bond donors (Lipinski definition) is 2. The Morgan fingerprint density at radius 3 is 2.60 bits per heavy atom. The monoisotopic (exact) mass is 384 g/mol. The van der Waals surface area contributed by atoms with Crippen LogP contribution >= 0.6 is 22.9 Å². The van der Waals surface area contributed by atoms with Crippen molar-refractivity contribution in [3.63, 3.8) is 0 Å². The van der Waals surface area contributed by atoms with Crippen molar-refractivity contribution in [3.8, 4) is 0 Å². The summed E-state index contributed by atoms with van der Waals surface area (Å²) in [6.07, 6.45) is 4.99. The van der Waals surface area contributed by atoms with Gasteiger partial charge in [0.1, 0.15) is 0 Å². The fourth-order valence-electron chi connectivity index (χ4n) is 3.33. The number of guanidine groups is 1. The summed E-state index contributed by atoms with van der Waals surface area (Å²) in [5.41, 5.74) is -0.326. The zero-order valence-corrected chi connectivity index (χ0v) is 17.0. The van der Waals surface area contributed by atoms with Gasteiger partial charge in [-0.2, -0.15) is 0 Å². The van der Waals surface area contributed by atoms with E-state index in [4.69, 9.17) is 16.6 Å². The van der Waals surface area contributed by atoms with Crippen LogP contribution in [-0.2, 0) is 11.2 Å². The Bertz CT molecular complexity index is 594. The molecule has 140 valence electrons. The minimum Gasteiger partial charge on any atom is -0.357 e. The third-order valence-corrected chi connectivity index (χ3v) is 5.89. The quantitative estimate of drug-likeness (QED) is 0.560. The number of amides is 1. The molecule has 0 aliphatic heterocycles. The number of aliphatic imine (C=N–C) groups is 1. The summed E-state index contributed by atoms with van der Waals surface area (Å²) in [5, 5.41) is 6.64. The molecule has 5 nitrogen and oxygen atoms in total. The van der Waals surface area contributed by atoms with Gasteiger partial charge in [0.25, 0.3) is 0 Å². The lowest BCUT2D eigenvalue weighted by molar-refractivity contribution is -0.138. The number of halogens is 1. The summed E-state index contributed by atoms with van der Waals surface area (Å²) in [7, 11) is 3.67. The number of carbonyl (C=O) groups excluding carboxylic acids is 1. The van der Waals surface area contributed by atoms with Gasteiger partial charge in [-0.1, -0.05) is 24.4 Å². The van der Waals surface area contributed by atoms with Crippen LogP contribution in [0.1, 0.15) is 37.5 Å². The van der Waals surface area contributed by atoms with Crippen LogP contribution in [0.3, 0.4) is 0 Å². The number of carbonyl (C=O) groups is 1. The lowest BCUT2D eigenvalue weighted by Crippen LogP contribution is -2.43. The van der Waals surface area contributed by atoms with Crippen molar-refractivity contribution >= 4 is 34.8 Å². The second-order valence-corrected chi connectivity index (χ2v) is 8.56. The van der Waals surface area contributed by atoms with Gasteiger partial charge in [0.05, 0.1) is 16.3 Å². The first kappa shape index (κ1) is 20.0. The molecule has 1 aromatic rings. The van der Waals surface area contributed by atoms with Crippen LogP contribution in [0.4, 0.5) is 0 Å². The summed E-state index contributed by atoms with van der Waals surface area (Å²) in [4.78, 5) is 20.3. The van der Waals surface area contributed by atoms with Crippen molar-refractivity contribution in [2.75, 3.05) is 33.7 Å². The number of rotatable bonds is 7. The van der Waals surface area contributed by atoms with Gasteiger partial charge in [0, 0.05) is 32.1 Å². The van der Waals surface area contributed by atoms with Crippen LogP contribution in [0.5, 0.6) is 0 Å². The molecule has 7 heteroatoms. The maximum Gasteiger partial charge on any atom is 0.230 e. The van der Waals surface area contributed by atoms with Crippen molar-refractivity contribution < 1.29 is 4.79 Å². The average molecular weight is 385 g/mol. The Hall–Kier alpha value is -1.27. The van der Waals surface area contributed by atoms with E-state index in [9.17, 15) is 4.79 Å². The first-order chi connectivity index (χ1) is 12.0. The Morgan fingerprint density at radius 1 is 1.32 bits per heavy atom. The molecule has 1 saturated carbocycles. The van der Waals surface area contributed by atoms with E-state index in [2.05, 4.69) is 16.7 Å². The Balaban J connectivity index is 1.96. The number of hydrogen-bond acceptors (Lipinski definition) is 3. The first-order valence-electron chi connectivity index (χ1n) is 8.95. The largest absolute Gasteiger partial charge is 0.357 e. The summed E-state index contributed by atoms with van der Waals surface area (Å²) >= 11 is 7.58. The van der Waals surface area contributed by atoms with Gasteiger partial charge in [-0.3, -0.25) is 9.79 Å². The predicted octanol–water partition coefficient (Wildman–Crippen LogP) is 3.15. The molecule has 0 spiro atoms. The molecule has 0 saturated heterocycles. The zero-order chi connectivity index (χ0) is 18.3. The van der Waals surface area contributed by atoms with E-state index in [1.165, 1.54) is 4.88 Å². The van der Waals surface area contributed by atoms with Gasteiger partial charge in [-0.25, -0.2) is 0 Å². The fraction of sp³-hybridized carbons (Fsp3) is 0.667. The van der Waals surface area contributed by atoms with Crippen LogP contribution in [-0.4, -0.2) is 50.5 Å². The summed E-state index contributed by atoms with van der Waals surface area (Å²) in [6, 6.07) is 3.99. The third kappa shape index (κ3) is 5.61. The SMILES string of the molecule is CCNC(=NCC1(C(=O)N(C)C)CCCC1)NCCc1ccc(Cl)s1. The van der Waals surface area contributed by atoms with Crippen molar-refractivity contribution in [2.24, 2.45) is 10.4 Å². The van der Waals surface area contributed by atoms with E-state index in [0.29, 0.717) is 6.54 Å². The van der Waals surface area contributed by atoms with Crippen molar-refractivity contribution in [2.45, 2.75) is 39.0 Å². The highest BCUT2D eigenvalue weighted by Gasteiger charge is 2.41. The summed E-state index contributed by atoms with van der Waals surface area (Å²) < 4.78 is 0.820. The topological polar surface area (TPSA) is 56.7 Å². The summed E-state index contributed by atoms with van der Waals surface area (Å²) in [6.45, 7) is 4.18. The highest BCUT2D eigenvalue weighted by molar-refractivity contribution is 7.16. The molecule has 25 heavy (non-hydrogen) atoms. The van der Waals surface area contributed by atoms with E-state index in [1.807, 2.05) is 27.1 Å². The molecule has 0 atom stereocenters. The molecule has 1 aromatic heterocycles. The maximum atomic E-state index is 12.6. The van der Waals surface area contributed by atoms with E-state index in [0.717, 1.165) is 55.5 Å². The molecule has 1 aliphatic rings. The maximum absolute atomic E-state index is 12.6. The summed E-state index contributed by atoms with van der Waals surface area (Å²) in [5.74, 6) is 0.987. The van der Waals surface area contributed by atoms with E-state index >= 15 is 0 Å². The highest BCUT2D eigenvalue weighted by Crippen LogP contribution is 2.39. The molecule has 0 aromatic carbocycles. The van der Waals surface area contributed by atoms with Crippen LogP contribution < -0.4 is 10.6 Å². The molecule has 2 N–H and O–H groups in total. The molecule has 0 unspecified atom stereocenters. The van der Waals surface area contributed by atoms with Crippen molar-refractivity contribution in [3.05, 3.63) is 21.3 Å².